The van der Waals surface area contributed by atoms with Gasteiger partial charge in [0.2, 0.25) is 0 Å². The highest BCUT2D eigenvalue weighted by Crippen LogP contribution is 2.28. The number of nitrogens with zero attached hydrogens (tertiary/aromatic N) is 1. The fourth-order valence-electron chi connectivity index (χ4n) is 3.48. The second kappa shape index (κ2) is 10.6. The van der Waals surface area contributed by atoms with Gasteiger partial charge in [-0.1, -0.05) is 57.8 Å². The SMILES string of the molecule is COCCN(C)C1(CN)CCCCCCCCCCC1. The molecule has 0 aliphatic heterocycles. The Hall–Kier alpha value is -0.120. The van der Waals surface area contributed by atoms with Crippen LogP contribution in [0.15, 0.2) is 0 Å². The Morgan fingerprint density at radius 1 is 0.900 bits per heavy atom. The number of methoxy groups -OCH3 is 1. The standard InChI is InChI=1S/C17H36N2O/c1-19(14-15-20-2)17(16-18)12-10-8-6-4-3-5-7-9-11-13-17/h3-16,18H2,1-2H3. The van der Waals surface area contributed by atoms with Crippen molar-refractivity contribution in [2.75, 3.05) is 33.9 Å². The van der Waals surface area contributed by atoms with Crippen LogP contribution in [-0.2, 0) is 4.74 Å². The highest BCUT2D eigenvalue weighted by Gasteiger charge is 2.31. The minimum atomic E-state index is 0.206. The van der Waals surface area contributed by atoms with Crippen molar-refractivity contribution >= 4 is 0 Å². The van der Waals surface area contributed by atoms with Crippen LogP contribution < -0.4 is 5.73 Å². The maximum absolute atomic E-state index is 6.21. The van der Waals surface area contributed by atoms with Crippen molar-refractivity contribution in [2.24, 2.45) is 5.73 Å². The molecule has 3 nitrogen and oxygen atoms in total. The number of likely N-dealkylation sites (N-methyl/N-ethyl adjacent to an activating group) is 1. The summed E-state index contributed by atoms with van der Waals surface area (Å²) in [5, 5.41) is 0. The molecule has 0 atom stereocenters. The number of hydrogen-bond acceptors (Lipinski definition) is 3. The zero-order chi connectivity index (χ0) is 14.7. The minimum Gasteiger partial charge on any atom is -0.383 e. The molecule has 1 rings (SSSR count). The van der Waals surface area contributed by atoms with Crippen LogP contribution in [-0.4, -0.2) is 44.3 Å². The predicted molar refractivity (Wildman–Crippen MR) is 87.1 cm³/mol. The molecular weight excluding hydrogens is 248 g/mol. The largest absolute Gasteiger partial charge is 0.383 e. The van der Waals surface area contributed by atoms with Gasteiger partial charge in [0.05, 0.1) is 6.61 Å². The first-order valence-electron chi connectivity index (χ1n) is 8.65. The summed E-state index contributed by atoms with van der Waals surface area (Å²) >= 11 is 0. The van der Waals surface area contributed by atoms with Gasteiger partial charge in [-0.2, -0.15) is 0 Å². The van der Waals surface area contributed by atoms with Gasteiger partial charge in [-0.25, -0.2) is 0 Å². The lowest BCUT2D eigenvalue weighted by Crippen LogP contribution is -2.53. The Kier molecular flexibility index (Phi) is 9.49. The summed E-state index contributed by atoms with van der Waals surface area (Å²) in [6.07, 6.45) is 15.0. The van der Waals surface area contributed by atoms with Gasteiger partial charge in [-0.15, -0.1) is 0 Å². The number of hydrogen-bond donors (Lipinski definition) is 1. The molecule has 0 radical (unpaired) electrons. The van der Waals surface area contributed by atoms with E-state index in [1.54, 1.807) is 7.11 Å². The molecule has 1 saturated carbocycles. The number of ether oxygens (including phenoxy) is 1. The minimum absolute atomic E-state index is 0.206. The molecule has 0 aromatic carbocycles. The van der Waals surface area contributed by atoms with E-state index in [1.165, 1.54) is 70.6 Å². The van der Waals surface area contributed by atoms with E-state index in [4.69, 9.17) is 10.5 Å². The summed E-state index contributed by atoms with van der Waals surface area (Å²) in [6.45, 7) is 2.58. The molecule has 20 heavy (non-hydrogen) atoms. The molecule has 3 heteroatoms. The zero-order valence-corrected chi connectivity index (χ0v) is 13.8. The van der Waals surface area contributed by atoms with Crippen LogP contribution in [0.5, 0.6) is 0 Å². The zero-order valence-electron chi connectivity index (χ0n) is 13.8. The van der Waals surface area contributed by atoms with E-state index < -0.39 is 0 Å². The van der Waals surface area contributed by atoms with Crippen molar-refractivity contribution in [3.05, 3.63) is 0 Å². The van der Waals surface area contributed by atoms with E-state index in [1.807, 2.05) is 0 Å². The first-order chi connectivity index (χ1) is 9.75. The van der Waals surface area contributed by atoms with Crippen molar-refractivity contribution in [1.82, 2.24) is 4.90 Å². The molecule has 2 N–H and O–H groups in total. The summed E-state index contributed by atoms with van der Waals surface area (Å²) in [5.74, 6) is 0. The number of rotatable bonds is 5. The van der Waals surface area contributed by atoms with E-state index in [0.717, 1.165) is 19.7 Å². The normalized spacial score (nSPS) is 22.2. The lowest BCUT2D eigenvalue weighted by molar-refractivity contribution is 0.0658. The topological polar surface area (TPSA) is 38.5 Å². The average Bonchev–Trinajstić information content (AvgIpc) is 2.46. The first kappa shape index (κ1) is 17.9. The smallest absolute Gasteiger partial charge is 0.0589 e. The van der Waals surface area contributed by atoms with Gasteiger partial charge in [-0.05, 0) is 19.9 Å². The molecule has 1 aliphatic rings. The van der Waals surface area contributed by atoms with Crippen LogP contribution in [0.25, 0.3) is 0 Å². The summed E-state index contributed by atoms with van der Waals surface area (Å²) in [7, 11) is 4.02. The second-order valence-corrected chi connectivity index (χ2v) is 6.52. The monoisotopic (exact) mass is 284 g/mol. The van der Waals surface area contributed by atoms with E-state index in [-0.39, 0.29) is 5.54 Å². The Bertz CT molecular complexity index is 221. The Morgan fingerprint density at radius 2 is 1.35 bits per heavy atom. The Balaban J connectivity index is 2.59. The van der Waals surface area contributed by atoms with Crippen molar-refractivity contribution in [3.8, 4) is 0 Å². The molecule has 0 bridgehead atoms. The fraction of sp³-hybridized carbons (Fsp3) is 1.00. The van der Waals surface area contributed by atoms with Gasteiger partial charge in [0, 0.05) is 25.7 Å². The average molecular weight is 284 g/mol. The van der Waals surface area contributed by atoms with Gasteiger partial charge >= 0.3 is 0 Å². The summed E-state index contributed by atoms with van der Waals surface area (Å²) in [4.78, 5) is 2.47. The third kappa shape index (κ3) is 6.11. The van der Waals surface area contributed by atoms with Crippen LogP contribution in [0.4, 0.5) is 0 Å². The maximum atomic E-state index is 6.21. The highest BCUT2D eigenvalue weighted by atomic mass is 16.5. The molecule has 0 aromatic heterocycles. The molecule has 0 amide bonds. The molecule has 0 saturated heterocycles. The molecule has 0 spiro atoms. The first-order valence-corrected chi connectivity index (χ1v) is 8.65. The van der Waals surface area contributed by atoms with E-state index in [9.17, 15) is 0 Å². The maximum Gasteiger partial charge on any atom is 0.0589 e. The third-order valence-corrected chi connectivity index (χ3v) is 5.10. The molecule has 1 aliphatic carbocycles. The van der Waals surface area contributed by atoms with Crippen LogP contribution >= 0.6 is 0 Å². The molecule has 0 aromatic rings. The van der Waals surface area contributed by atoms with Gasteiger partial charge < -0.3 is 10.5 Å². The van der Waals surface area contributed by atoms with Crippen LogP contribution in [0.3, 0.4) is 0 Å². The highest BCUT2D eigenvalue weighted by molar-refractivity contribution is 4.90. The number of nitrogens with two attached hydrogens (primary N) is 1. The fourth-order valence-corrected chi connectivity index (χ4v) is 3.48. The molecule has 0 unspecified atom stereocenters. The van der Waals surface area contributed by atoms with Gasteiger partial charge in [0.25, 0.3) is 0 Å². The lowest BCUT2D eigenvalue weighted by Gasteiger charge is -2.42. The molecule has 120 valence electrons. The lowest BCUT2D eigenvalue weighted by atomic mass is 9.84. The van der Waals surface area contributed by atoms with Gasteiger partial charge in [0.1, 0.15) is 0 Å². The summed E-state index contributed by atoms with van der Waals surface area (Å²) in [6, 6.07) is 0. The second-order valence-electron chi connectivity index (χ2n) is 6.52. The van der Waals surface area contributed by atoms with Gasteiger partial charge in [-0.3, -0.25) is 4.90 Å². The van der Waals surface area contributed by atoms with Crippen LogP contribution in [0.2, 0.25) is 0 Å². The van der Waals surface area contributed by atoms with Crippen molar-refractivity contribution in [3.63, 3.8) is 0 Å². The van der Waals surface area contributed by atoms with E-state index >= 15 is 0 Å². The predicted octanol–water partition coefficient (Wildman–Crippen LogP) is 3.57. The molecular formula is C17H36N2O. The Labute approximate surface area is 126 Å². The van der Waals surface area contributed by atoms with Crippen molar-refractivity contribution < 1.29 is 4.74 Å². The van der Waals surface area contributed by atoms with Crippen LogP contribution in [0.1, 0.15) is 70.6 Å². The van der Waals surface area contributed by atoms with Crippen molar-refractivity contribution in [1.29, 1.82) is 0 Å². The van der Waals surface area contributed by atoms with E-state index in [2.05, 4.69) is 11.9 Å². The third-order valence-electron chi connectivity index (χ3n) is 5.10. The summed E-state index contributed by atoms with van der Waals surface area (Å²) < 4.78 is 5.25. The Morgan fingerprint density at radius 3 is 1.75 bits per heavy atom. The molecule has 1 fully saturated rings. The van der Waals surface area contributed by atoms with Gasteiger partial charge in [0.15, 0.2) is 0 Å². The van der Waals surface area contributed by atoms with Crippen LogP contribution in [0, 0.1) is 0 Å². The molecule has 0 heterocycles. The van der Waals surface area contributed by atoms with E-state index in [0.29, 0.717) is 0 Å². The quantitative estimate of drug-likeness (QED) is 0.839. The summed E-state index contributed by atoms with van der Waals surface area (Å²) in [5.41, 5.74) is 6.41. The van der Waals surface area contributed by atoms with Crippen molar-refractivity contribution in [2.45, 2.75) is 76.2 Å².